The summed E-state index contributed by atoms with van der Waals surface area (Å²) in [4.78, 5) is 14.9. The molecule has 0 aliphatic heterocycles. The summed E-state index contributed by atoms with van der Waals surface area (Å²) in [5, 5.41) is 2.15. The first kappa shape index (κ1) is 23.8. The van der Waals surface area contributed by atoms with Gasteiger partial charge < -0.3 is 4.42 Å². The molecule has 0 radical (unpaired) electrons. The zero-order valence-electron chi connectivity index (χ0n) is 22.5. The number of benzene rings is 4. The average Bonchev–Trinajstić information content (AvgIpc) is 3.43. The van der Waals surface area contributed by atoms with Gasteiger partial charge in [-0.1, -0.05) is 97.1 Å². The summed E-state index contributed by atoms with van der Waals surface area (Å²) in [7, 11) is 0. The maximum absolute atomic E-state index is 6.06. The molecular weight excluding hydrogens is 502 g/mol. The lowest BCUT2D eigenvalue weighted by atomic mass is 9.85. The first-order chi connectivity index (χ1) is 20.3. The van der Waals surface area contributed by atoms with E-state index in [0.29, 0.717) is 17.6 Å². The van der Waals surface area contributed by atoms with E-state index in [1.807, 2.05) is 30.3 Å². The van der Waals surface area contributed by atoms with Gasteiger partial charge in [-0.3, -0.25) is 0 Å². The van der Waals surface area contributed by atoms with Crippen molar-refractivity contribution < 1.29 is 4.42 Å². The summed E-state index contributed by atoms with van der Waals surface area (Å²) in [5.41, 5.74) is 8.82. The van der Waals surface area contributed by atoms with Crippen molar-refractivity contribution in [2.45, 2.75) is 25.2 Å². The third kappa shape index (κ3) is 4.38. The van der Waals surface area contributed by atoms with E-state index in [1.54, 1.807) is 0 Å². The second kappa shape index (κ2) is 9.83. The van der Waals surface area contributed by atoms with Gasteiger partial charge in [-0.15, -0.1) is 0 Å². The van der Waals surface area contributed by atoms with Crippen LogP contribution in [0.4, 0.5) is 0 Å². The molecule has 0 bridgehead atoms. The van der Waals surface area contributed by atoms with Crippen molar-refractivity contribution in [3.63, 3.8) is 0 Å². The Morgan fingerprint density at radius 2 is 1.44 bits per heavy atom. The highest BCUT2D eigenvalue weighted by Crippen LogP contribution is 2.34. The van der Waals surface area contributed by atoms with Crippen LogP contribution in [-0.2, 0) is 6.42 Å². The van der Waals surface area contributed by atoms with E-state index in [-0.39, 0.29) is 0 Å². The summed E-state index contributed by atoms with van der Waals surface area (Å²) in [6.07, 6.45) is 13.9. The Morgan fingerprint density at radius 3 is 2.32 bits per heavy atom. The van der Waals surface area contributed by atoms with Crippen LogP contribution in [-0.4, -0.2) is 15.0 Å². The topological polar surface area (TPSA) is 51.8 Å². The molecule has 0 N–H and O–H groups in total. The summed E-state index contributed by atoms with van der Waals surface area (Å²) in [6.45, 7) is 0. The molecule has 0 fully saturated rings. The maximum Gasteiger partial charge on any atom is 0.164 e. The molecule has 41 heavy (non-hydrogen) atoms. The summed E-state index contributed by atoms with van der Waals surface area (Å²) in [6, 6.07) is 31.7. The molecule has 1 unspecified atom stereocenters. The molecule has 2 aliphatic rings. The lowest BCUT2D eigenvalue weighted by Gasteiger charge is -2.20. The molecular formula is C37H27N3O. The van der Waals surface area contributed by atoms with Gasteiger partial charge in [-0.25, -0.2) is 15.0 Å². The molecule has 8 rings (SSSR count). The van der Waals surface area contributed by atoms with Gasteiger partial charge in [0.1, 0.15) is 11.2 Å². The molecule has 0 amide bonds. The molecule has 4 nitrogen and oxygen atoms in total. The molecule has 0 saturated heterocycles. The Bertz CT molecular complexity index is 2030. The summed E-state index contributed by atoms with van der Waals surface area (Å²) >= 11 is 0. The Labute approximate surface area is 238 Å². The number of nitrogens with zero attached hydrogens (tertiary/aromatic N) is 3. The number of hydrogen-bond donors (Lipinski definition) is 0. The van der Waals surface area contributed by atoms with Gasteiger partial charge in [0.25, 0.3) is 0 Å². The van der Waals surface area contributed by atoms with E-state index in [4.69, 9.17) is 19.4 Å². The second-order valence-electron chi connectivity index (χ2n) is 10.8. The van der Waals surface area contributed by atoms with Gasteiger partial charge >= 0.3 is 0 Å². The van der Waals surface area contributed by atoms with Crippen molar-refractivity contribution in [2.24, 2.45) is 0 Å². The second-order valence-corrected chi connectivity index (χ2v) is 10.8. The number of hydrogen-bond acceptors (Lipinski definition) is 4. The highest BCUT2D eigenvalue weighted by Gasteiger charge is 2.18. The van der Waals surface area contributed by atoms with Gasteiger partial charge in [0.05, 0.1) is 0 Å². The fraction of sp³-hybridized carbons (Fsp3) is 0.108. The van der Waals surface area contributed by atoms with Gasteiger partial charge in [-0.05, 0) is 65.8 Å². The van der Waals surface area contributed by atoms with Crippen LogP contribution in [0, 0.1) is 0 Å². The molecule has 2 heterocycles. The Kier molecular flexibility index (Phi) is 5.70. The molecule has 6 aromatic rings. The van der Waals surface area contributed by atoms with Crippen LogP contribution >= 0.6 is 0 Å². The number of allylic oxidation sites excluding steroid dienone is 5. The number of rotatable bonds is 4. The quantitative estimate of drug-likeness (QED) is 0.228. The zero-order valence-corrected chi connectivity index (χ0v) is 22.5. The minimum absolute atomic E-state index is 0.360. The first-order valence-electron chi connectivity index (χ1n) is 14.2. The van der Waals surface area contributed by atoms with Crippen LogP contribution in [0.1, 0.15) is 41.3 Å². The molecule has 4 aromatic carbocycles. The Balaban J connectivity index is 1.19. The van der Waals surface area contributed by atoms with Crippen molar-refractivity contribution in [2.75, 3.05) is 0 Å². The van der Waals surface area contributed by atoms with E-state index in [9.17, 15) is 0 Å². The van der Waals surface area contributed by atoms with Gasteiger partial charge in [0.2, 0.25) is 0 Å². The van der Waals surface area contributed by atoms with Crippen LogP contribution in [0.25, 0.3) is 56.4 Å². The van der Waals surface area contributed by atoms with Gasteiger partial charge in [-0.2, -0.15) is 0 Å². The van der Waals surface area contributed by atoms with Crippen LogP contribution in [0.2, 0.25) is 0 Å². The smallest absolute Gasteiger partial charge is 0.164 e. The molecule has 1 atom stereocenters. The third-order valence-corrected chi connectivity index (χ3v) is 8.17. The Morgan fingerprint density at radius 1 is 0.683 bits per heavy atom. The molecule has 196 valence electrons. The minimum Gasteiger partial charge on any atom is -0.456 e. The number of fused-ring (bicyclic) bond motifs is 4. The molecule has 4 heteroatoms. The summed E-state index contributed by atoms with van der Waals surface area (Å²) < 4.78 is 6.06. The maximum atomic E-state index is 6.06. The van der Waals surface area contributed by atoms with E-state index >= 15 is 0 Å². The lowest BCUT2D eigenvalue weighted by Crippen LogP contribution is -2.06. The van der Waals surface area contributed by atoms with E-state index in [1.165, 1.54) is 16.7 Å². The fourth-order valence-electron chi connectivity index (χ4n) is 5.95. The monoisotopic (exact) mass is 529 g/mol. The fourth-order valence-corrected chi connectivity index (χ4v) is 5.95. The normalized spacial score (nSPS) is 16.2. The standard InChI is InChI=1S/C37H27N3O/c1-2-9-26(10-3-1)35-38-36(27-17-14-25(15-18-27)29-19-16-24-8-4-5-11-28(24)22-29)40-37(39-35)30-20-21-34-32(23-30)31-12-6-7-13-33(31)41-34/h1-2,4-9,11-21,23,29H,3,10,22H2. The summed E-state index contributed by atoms with van der Waals surface area (Å²) in [5.74, 6) is 2.46. The van der Waals surface area contributed by atoms with Crippen molar-refractivity contribution in [3.8, 4) is 22.8 Å². The van der Waals surface area contributed by atoms with E-state index in [2.05, 4.69) is 91.0 Å². The van der Waals surface area contributed by atoms with Crippen molar-refractivity contribution in [3.05, 3.63) is 138 Å². The van der Waals surface area contributed by atoms with E-state index in [0.717, 1.165) is 63.7 Å². The van der Waals surface area contributed by atoms with E-state index < -0.39 is 0 Å². The lowest BCUT2D eigenvalue weighted by molar-refractivity contribution is 0.669. The average molecular weight is 530 g/mol. The third-order valence-electron chi connectivity index (χ3n) is 8.17. The first-order valence-corrected chi connectivity index (χ1v) is 14.2. The van der Waals surface area contributed by atoms with Crippen molar-refractivity contribution in [1.82, 2.24) is 15.0 Å². The van der Waals surface area contributed by atoms with Crippen LogP contribution in [0.3, 0.4) is 0 Å². The highest BCUT2D eigenvalue weighted by atomic mass is 16.3. The predicted octanol–water partition coefficient (Wildman–Crippen LogP) is 9.19. The molecule has 0 saturated carbocycles. The number of aromatic nitrogens is 3. The number of furan rings is 1. The van der Waals surface area contributed by atoms with Crippen molar-refractivity contribution >= 4 is 33.6 Å². The number of para-hydroxylation sites is 1. The van der Waals surface area contributed by atoms with Crippen molar-refractivity contribution in [1.29, 1.82) is 0 Å². The SMILES string of the molecule is C1=CCCC(c2nc(-c3ccc(C4C=Cc5ccccc5C4)cc3)nc(-c3ccc4oc5ccccc5c4c3)n2)=C1. The zero-order chi connectivity index (χ0) is 27.2. The van der Waals surface area contributed by atoms with Gasteiger partial charge in [0, 0.05) is 27.8 Å². The molecule has 0 spiro atoms. The highest BCUT2D eigenvalue weighted by molar-refractivity contribution is 6.06. The molecule has 2 aliphatic carbocycles. The van der Waals surface area contributed by atoms with Crippen LogP contribution < -0.4 is 0 Å². The predicted molar refractivity (Wildman–Crippen MR) is 166 cm³/mol. The van der Waals surface area contributed by atoms with Gasteiger partial charge in [0.15, 0.2) is 17.5 Å². The largest absolute Gasteiger partial charge is 0.456 e. The van der Waals surface area contributed by atoms with Crippen LogP contribution in [0.5, 0.6) is 0 Å². The minimum atomic E-state index is 0.360. The Hall–Kier alpha value is -5.09. The molecule has 2 aromatic heterocycles. The van der Waals surface area contributed by atoms with Crippen LogP contribution in [0.15, 0.2) is 120 Å².